The zero-order valence-electron chi connectivity index (χ0n) is 19.0. The van der Waals surface area contributed by atoms with Crippen LogP contribution in [0, 0.1) is 17.3 Å². The molecule has 6 heteroatoms. The van der Waals surface area contributed by atoms with Gasteiger partial charge in [0.05, 0.1) is 0 Å². The summed E-state index contributed by atoms with van der Waals surface area (Å²) in [5, 5.41) is 0. The summed E-state index contributed by atoms with van der Waals surface area (Å²) in [6.07, 6.45) is 1.50. The maximum Gasteiger partial charge on any atom is 0.417 e. The van der Waals surface area contributed by atoms with Crippen LogP contribution in [-0.2, 0) is 9.53 Å². The van der Waals surface area contributed by atoms with Gasteiger partial charge in [-0.2, -0.15) is 13.2 Å². The normalized spacial score (nSPS) is 36.1. The van der Waals surface area contributed by atoms with E-state index in [1.165, 1.54) is 18.3 Å². The highest BCUT2D eigenvalue weighted by Crippen LogP contribution is 2.70. The number of ketones is 1. The number of ether oxygens (including phenoxy) is 1. The summed E-state index contributed by atoms with van der Waals surface area (Å²) in [5.41, 5.74) is 1.75. The highest BCUT2D eigenvalue weighted by Gasteiger charge is 2.73. The van der Waals surface area contributed by atoms with Crippen LogP contribution in [-0.4, -0.2) is 31.0 Å². The molecule has 5 rings (SSSR count). The van der Waals surface area contributed by atoms with E-state index >= 15 is 0 Å². The smallest absolute Gasteiger partial charge is 0.368 e. The molecule has 0 saturated heterocycles. The molecule has 176 valence electrons. The van der Waals surface area contributed by atoms with Crippen LogP contribution >= 0.6 is 0 Å². The van der Waals surface area contributed by atoms with E-state index < -0.39 is 17.2 Å². The van der Waals surface area contributed by atoms with Crippen molar-refractivity contribution >= 4 is 12.1 Å². The minimum atomic E-state index is -4.46. The number of rotatable bonds is 3. The van der Waals surface area contributed by atoms with E-state index in [0.29, 0.717) is 31.2 Å². The second-order valence-electron chi connectivity index (χ2n) is 10.3. The maximum absolute atomic E-state index is 14.6. The zero-order valence-corrected chi connectivity index (χ0v) is 19.0. The number of hydrogen-bond acceptors (Lipinski definition) is 3. The number of methoxy groups -OCH3 is 1. The summed E-state index contributed by atoms with van der Waals surface area (Å²) in [6, 6.07) is 7.24. The number of allylic oxidation sites excluding steroid dienone is 4. The Labute approximate surface area is 192 Å². The molecule has 0 aliphatic heterocycles. The second kappa shape index (κ2) is 7.66. The monoisotopic (exact) mass is 458 g/mol. The first-order valence-corrected chi connectivity index (χ1v) is 11.8. The maximum atomic E-state index is 14.6. The molecule has 1 aromatic carbocycles. The fraction of sp³-hybridized carbons (Fsp3) is 0.556. The van der Waals surface area contributed by atoms with Crippen molar-refractivity contribution in [1.29, 1.82) is 0 Å². The van der Waals surface area contributed by atoms with Crippen LogP contribution in [0.25, 0.3) is 0 Å². The molecule has 4 aliphatic rings. The lowest BCUT2D eigenvalue weighted by Gasteiger charge is -2.55. The van der Waals surface area contributed by atoms with Crippen molar-refractivity contribution < 1.29 is 27.5 Å². The van der Waals surface area contributed by atoms with Crippen molar-refractivity contribution in [3.63, 3.8) is 0 Å². The van der Waals surface area contributed by atoms with E-state index in [0.717, 1.165) is 30.3 Å². The lowest BCUT2D eigenvalue weighted by molar-refractivity contribution is -0.308. The largest absolute Gasteiger partial charge is 0.417 e. The van der Waals surface area contributed by atoms with Gasteiger partial charge in [-0.15, -0.1) is 0 Å². The number of hydrogen-bond donors (Lipinski definition) is 0. The molecule has 0 amide bonds. The Hall–Kier alpha value is -2.21. The summed E-state index contributed by atoms with van der Waals surface area (Å²) in [7, 11) is 1.21. The molecule has 0 unspecified atom stereocenters. The van der Waals surface area contributed by atoms with Crippen molar-refractivity contribution in [2.45, 2.75) is 69.6 Å². The number of alkyl halides is 3. The lowest BCUT2D eigenvalue weighted by Crippen LogP contribution is -2.60. The molecule has 4 aliphatic carbocycles. The van der Waals surface area contributed by atoms with Gasteiger partial charge < -0.3 is 4.74 Å². The predicted molar refractivity (Wildman–Crippen MR) is 118 cm³/mol. The standard InChI is InChI=1S/C27H29F3O3/c1-25-14-22(17-5-3-16(15-31)4-6-17)24-20-10-8-19(32)13-18(20)7-9-21(24)23(25)11-12-26(25,33-2)27(28,29)30/h3-6,13,15,21-23H,7-12,14H2,1-2H3/t21-,22+,23-,25-,26-/m0/s1. The highest BCUT2D eigenvalue weighted by molar-refractivity contribution is 5.93. The Morgan fingerprint density at radius 2 is 1.82 bits per heavy atom. The van der Waals surface area contributed by atoms with Gasteiger partial charge in [0.15, 0.2) is 11.4 Å². The van der Waals surface area contributed by atoms with Gasteiger partial charge in [-0.3, -0.25) is 9.59 Å². The van der Waals surface area contributed by atoms with Gasteiger partial charge >= 0.3 is 6.18 Å². The molecule has 0 radical (unpaired) electrons. The van der Waals surface area contributed by atoms with Gasteiger partial charge in [0.2, 0.25) is 0 Å². The average Bonchev–Trinajstić information content (AvgIpc) is 3.11. The summed E-state index contributed by atoms with van der Waals surface area (Å²) >= 11 is 0. The first kappa shape index (κ1) is 22.6. The molecule has 33 heavy (non-hydrogen) atoms. The van der Waals surface area contributed by atoms with Crippen molar-refractivity contribution in [3.8, 4) is 0 Å². The van der Waals surface area contributed by atoms with Gasteiger partial charge in [0, 0.05) is 30.4 Å². The molecule has 0 N–H and O–H groups in total. The van der Waals surface area contributed by atoms with Crippen LogP contribution in [0.3, 0.4) is 0 Å². The quantitative estimate of drug-likeness (QED) is 0.496. The van der Waals surface area contributed by atoms with Crippen LogP contribution in [0.2, 0.25) is 0 Å². The fourth-order valence-electron chi connectivity index (χ4n) is 7.67. The van der Waals surface area contributed by atoms with Gasteiger partial charge in [-0.1, -0.05) is 36.8 Å². The minimum Gasteiger partial charge on any atom is -0.368 e. The van der Waals surface area contributed by atoms with Gasteiger partial charge in [0.1, 0.15) is 6.29 Å². The van der Waals surface area contributed by atoms with E-state index in [2.05, 4.69) is 0 Å². The Morgan fingerprint density at radius 1 is 1.09 bits per heavy atom. The summed E-state index contributed by atoms with van der Waals surface area (Å²) in [6.45, 7) is 1.78. The third-order valence-electron chi connectivity index (χ3n) is 9.14. The summed E-state index contributed by atoms with van der Waals surface area (Å²) in [4.78, 5) is 23.3. The van der Waals surface area contributed by atoms with Gasteiger partial charge in [-0.25, -0.2) is 0 Å². The lowest BCUT2D eigenvalue weighted by atomic mass is 9.51. The average molecular weight is 459 g/mol. The third kappa shape index (κ3) is 3.13. The zero-order chi connectivity index (χ0) is 23.6. The molecule has 2 saturated carbocycles. The fourth-order valence-corrected chi connectivity index (χ4v) is 7.67. The number of halogens is 3. The number of benzene rings is 1. The molecule has 0 bridgehead atoms. The first-order valence-electron chi connectivity index (χ1n) is 11.8. The van der Waals surface area contributed by atoms with Gasteiger partial charge in [-0.05, 0) is 73.1 Å². The van der Waals surface area contributed by atoms with Crippen molar-refractivity contribution in [3.05, 3.63) is 58.2 Å². The number of carbonyl (C=O) groups excluding carboxylic acids is 2. The Bertz CT molecular complexity index is 1050. The Morgan fingerprint density at radius 3 is 2.45 bits per heavy atom. The van der Waals surface area contributed by atoms with Crippen molar-refractivity contribution in [1.82, 2.24) is 0 Å². The first-order chi connectivity index (χ1) is 15.6. The molecule has 0 heterocycles. The third-order valence-corrected chi connectivity index (χ3v) is 9.14. The van der Waals surface area contributed by atoms with Crippen LogP contribution in [0.4, 0.5) is 13.2 Å². The molecule has 0 aromatic heterocycles. The van der Waals surface area contributed by atoms with Crippen LogP contribution in [0.15, 0.2) is 47.1 Å². The molecule has 5 atom stereocenters. The van der Waals surface area contributed by atoms with E-state index in [-0.39, 0.29) is 30.0 Å². The summed E-state index contributed by atoms with van der Waals surface area (Å²) < 4.78 is 49.1. The van der Waals surface area contributed by atoms with Crippen LogP contribution < -0.4 is 0 Å². The van der Waals surface area contributed by atoms with Crippen molar-refractivity contribution in [2.24, 2.45) is 17.3 Å². The molecule has 0 spiro atoms. The number of fused-ring (bicyclic) bond motifs is 4. The molecular formula is C27H29F3O3. The topological polar surface area (TPSA) is 43.4 Å². The predicted octanol–water partition coefficient (Wildman–Crippen LogP) is 6.35. The second-order valence-corrected chi connectivity index (χ2v) is 10.3. The molecule has 3 nitrogen and oxygen atoms in total. The number of aldehydes is 1. The summed E-state index contributed by atoms with van der Waals surface area (Å²) in [5.74, 6) is -0.138. The SMILES string of the molecule is CO[C@@]1(C(F)(F)F)CC[C@H]2[C@@H]3CCC4=CC(=O)CCC4=C3[C@@H](c3ccc(C=O)cc3)C[C@@]21C. The number of carbonyl (C=O) groups is 2. The van der Waals surface area contributed by atoms with E-state index in [9.17, 15) is 22.8 Å². The Balaban J connectivity index is 1.70. The van der Waals surface area contributed by atoms with E-state index in [4.69, 9.17) is 4.74 Å². The van der Waals surface area contributed by atoms with E-state index in [1.807, 2.05) is 12.1 Å². The van der Waals surface area contributed by atoms with Crippen LogP contribution in [0.5, 0.6) is 0 Å². The molecular weight excluding hydrogens is 429 g/mol. The van der Waals surface area contributed by atoms with Crippen molar-refractivity contribution in [2.75, 3.05) is 7.11 Å². The van der Waals surface area contributed by atoms with Crippen LogP contribution in [0.1, 0.15) is 73.7 Å². The Kier molecular flexibility index (Phi) is 5.24. The van der Waals surface area contributed by atoms with Gasteiger partial charge in [0.25, 0.3) is 0 Å². The minimum absolute atomic E-state index is 0.0226. The molecule has 2 fully saturated rings. The highest BCUT2D eigenvalue weighted by atomic mass is 19.4. The molecule has 1 aromatic rings. The van der Waals surface area contributed by atoms with E-state index in [1.54, 1.807) is 25.1 Å².